The number of hydrogen-bond acceptors (Lipinski definition) is 2. The molecule has 0 bridgehead atoms. The van der Waals surface area contributed by atoms with E-state index in [2.05, 4.69) is 9.82 Å². The van der Waals surface area contributed by atoms with Crippen LogP contribution in [0.3, 0.4) is 0 Å². The molecule has 0 amide bonds. The Morgan fingerprint density at radius 3 is 3.08 bits per heavy atom. The Balaban J connectivity index is 2.61. The normalized spacial score (nSPS) is 10.9. The summed E-state index contributed by atoms with van der Waals surface area (Å²) >= 11 is 5.97. The van der Waals surface area contributed by atoms with Crippen molar-refractivity contribution in [2.24, 2.45) is 5.90 Å². The maximum Gasteiger partial charge on any atom is 0.0950 e. The number of hydrogen-bond donors (Lipinski definition) is 2. The molecule has 4 heteroatoms. The van der Waals surface area contributed by atoms with E-state index in [1.807, 2.05) is 24.4 Å². The molecule has 0 radical (unpaired) electrons. The number of H-pyrrole nitrogens is 1. The van der Waals surface area contributed by atoms with Crippen LogP contribution < -0.4 is 5.90 Å². The molecule has 0 aliphatic carbocycles. The van der Waals surface area contributed by atoms with Gasteiger partial charge in [0.2, 0.25) is 0 Å². The topological polar surface area (TPSA) is 51.0 Å². The number of fused-ring (bicyclic) bond motifs is 1. The van der Waals surface area contributed by atoms with Gasteiger partial charge >= 0.3 is 0 Å². The maximum absolute atomic E-state index is 5.97. The first-order valence-electron chi connectivity index (χ1n) is 3.89. The lowest BCUT2D eigenvalue weighted by molar-refractivity contribution is 0.125. The van der Waals surface area contributed by atoms with Gasteiger partial charge in [0.25, 0.3) is 0 Å². The largest absolute Gasteiger partial charge is 0.360 e. The van der Waals surface area contributed by atoms with Crippen molar-refractivity contribution in [2.75, 3.05) is 0 Å². The molecule has 3 nitrogen and oxygen atoms in total. The zero-order valence-electron chi connectivity index (χ0n) is 6.88. The number of rotatable bonds is 2. The Morgan fingerprint density at radius 1 is 1.46 bits per heavy atom. The highest BCUT2D eigenvalue weighted by Gasteiger charge is 2.04. The molecule has 0 unspecified atom stereocenters. The molecule has 3 N–H and O–H groups in total. The molecule has 0 atom stereocenters. The number of para-hydroxylation sites is 1. The third-order valence-electron chi connectivity index (χ3n) is 1.99. The summed E-state index contributed by atoms with van der Waals surface area (Å²) in [6, 6.07) is 5.72. The molecular weight excluding hydrogens is 188 g/mol. The minimum absolute atomic E-state index is 0.389. The monoisotopic (exact) mass is 196 g/mol. The summed E-state index contributed by atoms with van der Waals surface area (Å²) in [6.45, 7) is 0.389. The van der Waals surface area contributed by atoms with Gasteiger partial charge in [0, 0.05) is 17.1 Å². The molecule has 1 aromatic carbocycles. The van der Waals surface area contributed by atoms with E-state index in [-0.39, 0.29) is 0 Å². The van der Waals surface area contributed by atoms with Crippen LogP contribution in [0.1, 0.15) is 5.56 Å². The van der Waals surface area contributed by atoms with E-state index in [1.165, 1.54) is 0 Å². The molecule has 0 saturated carbocycles. The van der Waals surface area contributed by atoms with Gasteiger partial charge in [-0.1, -0.05) is 23.7 Å². The van der Waals surface area contributed by atoms with E-state index in [1.54, 1.807) is 0 Å². The van der Waals surface area contributed by atoms with E-state index in [0.717, 1.165) is 16.5 Å². The Labute approximate surface area is 80.4 Å². The predicted molar refractivity (Wildman–Crippen MR) is 52.3 cm³/mol. The van der Waals surface area contributed by atoms with Crippen LogP contribution in [-0.2, 0) is 11.4 Å². The van der Waals surface area contributed by atoms with E-state index in [0.29, 0.717) is 11.6 Å². The molecule has 0 aliphatic rings. The standard InChI is InChI=1S/C9H9ClN2O/c10-8-3-1-2-7-6(5-13-11)4-12-9(7)8/h1-4,12H,5,11H2. The van der Waals surface area contributed by atoms with Gasteiger partial charge in [-0.25, -0.2) is 5.90 Å². The second-order valence-electron chi connectivity index (χ2n) is 2.79. The summed E-state index contributed by atoms with van der Waals surface area (Å²) in [5, 5.41) is 1.76. The van der Waals surface area contributed by atoms with Crippen molar-refractivity contribution in [1.29, 1.82) is 0 Å². The van der Waals surface area contributed by atoms with Gasteiger partial charge in [-0.05, 0) is 6.07 Å². The lowest BCUT2D eigenvalue weighted by atomic mass is 10.2. The van der Waals surface area contributed by atoms with Crippen LogP contribution in [-0.4, -0.2) is 4.98 Å². The number of nitrogens with one attached hydrogen (secondary N) is 1. The molecule has 0 fully saturated rings. The van der Waals surface area contributed by atoms with Gasteiger partial charge in [0.1, 0.15) is 0 Å². The van der Waals surface area contributed by atoms with E-state index in [9.17, 15) is 0 Å². The molecule has 0 aliphatic heterocycles. The highest BCUT2D eigenvalue weighted by atomic mass is 35.5. The van der Waals surface area contributed by atoms with Crippen LogP contribution in [0.5, 0.6) is 0 Å². The van der Waals surface area contributed by atoms with Gasteiger partial charge in [0.15, 0.2) is 0 Å². The zero-order chi connectivity index (χ0) is 9.26. The number of aromatic nitrogens is 1. The fourth-order valence-corrected chi connectivity index (χ4v) is 1.61. The van der Waals surface area contributed by atoms with Gasteiger partial charge < -0.3 is 4.98 Å². The van der Waals surface area contributed by atoms with Crippen LogP contribution in [0.2, 0.25) is 5.02 Å². The molecule has 2 rings (SSSR count). The van der Waals surface area contributed by atoms with Crippen LogP contribution in [0, 0.1) is 0 Å². The van der Waals surface area contributed by atoms with Gasteiger partial charge in [0.05, 0.1) is 17.1 Å². The first-order valence-corrected chi connectivity index (χ1v) is 4.27. The van der Waals surface area contributed by atoms with E-state index >= 15 is 0 Å². The van der Waals surface area contributed by atoms with Crippen LogP contribution >= 0.6 is 11.6 Å². The Hall–Kier alpha value is -1.03. The minimum atomic E-state index is 0.389. The van der Waals surface area contributed by atoms with Gasteiger partial charge in [-0.2, -0.15) is 0 Å². The molecule has 68 valence electrons. The molecule has 0 saturated heterocycles. The summed E-state index contributed by atoms with van der Waals surface area (Å²) in [5.41, 5.74) is 1.94. The molecule has 1 aromatic heterocycles. The molecule has 13 heavy (non-hydrogen) atoms. The van der Waals surface area contributed by atoms with Crippen molar-refractivity contribution < 1.29 is 4.84 Å². The first-order chi connectivity index (χ1) is 6.33. The maximum atomic E-state index is 5.97. The fourth-order valence-electron chi connectivity index (χ4n) is 1.38. The number of halogens is 1. The number of benzene rings is 1. The van der Waals surface area contributed by atoms with Crippen molar-refractivity contribution in [1.82, 2.24) is 4.98 Å². The highest BCUT2D eigenvalue weighted by molar-refractivity contribution is 6.35. The summed E-state index contributed by atoms with van der Waals surface area (Å²) in [6.07, 6.45) is 1.85. The summed E-state index contributed by atoms with van der Waals surface area (Å²) in [4.78, 5) is 7.64. The Morgan fingerprint density at radius 2 is 2.31 bits per heavy atom. The zero-order valence-corrected chi connectivity index (χ0v) is 7.64. The second-order valence-corrected chi connectivity index (χ2v) is 3.19. The Bertz CT molecular complexity index is 424. The van der Waals surface area contributed by atoms with Crippen molar-refractivity contribution >= 4 is 22.5 Å². The van der Waals surface area contributed by atoms with Gasteiger partial charge in [-0.15, -0.1) is 0 Å². The summed E-state index contributed by atoms with van der Waals surface area (Å²) in [7, 11) is 0. The third kappa shape index (κ3) is 1.42. The Kier molecular flexibility index (Phi) is 2.22. The van der Waals surface area contributed by atoms with Crippen molar-refractivity contribution in [3.63, 3.8) is 0 Å². The highest BCUT2D eigenvalue weighted by Crippen LogP contribution is 2.25. The van der Waals surface area contributed by atoms with E-state index in [4.69, 9.17) is 17.5 Å². The average Bonchev–Trinajstić information content (AvgIpc) is 2.51. The molecule has 0 spiro atoms. The average molecular weight is 197 g/mol. The third-order valence-corrected chi connectivity index (χ3v) is 2.30. The molecule has 1 heterocycles. The van der Waals surface area contributed by atoms with Crippen molar-refractivity contribution in [2.45, 2.75) is 6.61 Å². The summed E-state index contributed by atoms with van der Waals surface area (Å²) < 4.78 is 0. The van der Waals surface area contributed by atoms with Gasteiger partial charge in [-0.3, -0.25) is 4.84 Å². The number of nitrogens with two attached hydrogens (primary N) is 1. The SMILES string of the molecule is NOCc1c[nH]c2c(Cl)cccc12. The van der Waals surface area contributed by atoms with Crippen molar-refractivity contribution in [3.05, 3.63) is 35.0 Å². The van der Waals surface area contributed by atoms with Crippen LogP contribution in [0.25, 0.3) is 10.9 Å². The van der Waals surface area contributed by atoms with Crippen LogP contribution in [0.15, 0.2) is 24.4 Å². The van der Waals surface area contributed by atoms with Crippen LogP contribution in [0.4, 0.5) is 0 Å². The predicted octanol–water partition coefficient (Wildman–Crippen LogP) is 2.21. The second kappa shape index (κ2) is 3.38. The quantitative estimate of drug-likeness (QED) is 0.724. The van der Waals surface area contributed by atoms with E-state index < -0.39 is 0 Å². The molecular formula is C9H9ClN2O. The summed E-state index contributed by atoms with van der Waals surface area (Å²) in [5.74, 6) is 5.00. The minimum Gasteiger partial charge on any atom is -0.360 e. The lowest BCUT2D eigenvalue weighted by Gasteiger charge is -1.96. The van der Waals surface area contributed by atoms with Crippen molar-refractivity contribution in [3.8, 4) is 0 Å². The lowest BCUT2D eigenvalue weighted by Crippen LogP contribution is -1.97. The number of aromatic amines is 1. The molecule has 2 aromatic rings. The first kappa shape index (κ1) is 8.56. The smallest absolute Gasteiger partial charge is 0.0950 e. The fraction of sp³-hybridized carbons (Fsp3) is 0.111.